The van der Waals surface area contributed by atoms with E-state index in [1.807, 2.05) is 0 Å². The van der Waals surface area contributed by atoms with Gasteiger partial charge in [-0.1, -0.05) is 11.6 Å². The van der Waals surface area contributed by atoms with Crippen molar-refractivity contribution < 1.29 is 9.13 Å². The Bertz CT molecular complexity index is 579. The predicted octanol–water partition coefficient (Wildman–Crippen LogP) is 2.60. The molecule has 0 unspecified atom stereocenters. The fourth-order valence-electron chi connectivity index (χ4n) is 1.39. The van der Waals surface area contributed by atoms with Gasteiger partial charge >= 0.3 is 0 Å². The van der Waals surface area contributed by atoms with Crippen molar-refractivity contribution >= 4 is 28.9 Å². The zero-order valence-electron chi connectivity index (χ0n) is 9.45. The quantitative estimate of drug-likeness (QED) is 0.895. The number of nitrogen functional groups attached to an aromatic ring is 1. The van der Waals surface area contributed by atoms with Crippen molar-refractivity contribution in [3.8, 4) is 5.75 Å². The molecule has 5 nitrogen and oxygen atoms in total. The largest absolute Gasteiger partial charge is 0.490 e. The Balaban J connectivity index is 2.34. The van der Waals surface area contributed by atoms with Crippen LogP contribution in [0, 0.1) is 5.82 Å². The number of hydrogen-bond donors (Lipinski definition) is 2. The minimum Gasteiger partial charge on any atom is -0.490 e. The molecule has 0 atom stereocenters. The van der Waals surface area contributed by atoms with E-state index in [1.165, 1.54) is 25.6 Å². The van der Waals surface area contributed by atoms with Crippen molar-refractivity contribution in [1.29, 1.82) is 0 Å². The maximum Gasteiger partial charge on any atom is 0.204 e. The number of halogens is 2. The Morgan fingerprint density at radius 2 is 2.17 bits per heavy atom. The van der Waals surface area contributed by atoms with Crippen LogP contribution in [-0.4, -0.2) is 17.1 Å². The second-order valence-electron chi connectivity index (χ2n) is 3.39. The Labute approximate surface area is 108 Å². The first kappa shape index (κ1) is 12.4. The molecule has 0 spiro atoms. The summed E-state index contributed by atoms with van der Waals surface area (Å²) in [5.74, 6) is 0.326. The fraction of sp³-hybridized carbons (Fsp3) is 0.0909. The van der Waals surface area contributed by atoms with Crippen molar-refractivity contribution in [3.05, 3.63) is 35.4 Å². The number of nitrogens with one attached hydrogen (secondary N) is 1. The van der Waals surface area contributed by atoms with Gasteiger partial charge in [0.1, 0.15) is 12.1 Å². The number of ether oxygens (including phenoxy) is 1. The lowest BCUT2D eigenvalue weighted by atomic mass is 10.3. The molecule has 2 rings (SSSR count). The van der Waals surface area contributed by atoms with Gasteiger partial charge in [0.2, 0.25) is 5.75 Å². The van der Waals surface area contributed by atoms with Crippen molar-refractivity contribution in [2.75, 3.05) is 18.2 Å². The van der Waals surface area contributed by atoms with Crippen LogP contribution < -0.4 is 15.8 Å². The summed E-state index contributed by atoms with van der Waals surface area (Å²) in [4.78, 5) is 7.77. The van der Waals surface area contributed by atoms with E-state index in [0.717, 1.165) is 0 Å². The van der Waals surface area contributed by atoms with Gasteiger partial charge in [-0.2, -0.15) is 0 Å². The summed E-state index contributed by atoms with van der Waals surface area (Å²) in [5, 5.41) is 2.93. The monoisotopic (exact) mass is 268 g/mol. The van der Waals surface area contributed by atoms with E-state index >= 15 is 0 Å². The van der Waals surface area contributed by atoms with Crippen LogP contribution in [0.25, 0.3) is 0 Å². The second kappa shape index (κ2) is 5.05. The van der Waals surface area contributed by atoms with Gasteiger partial charge in [-0.15, -0.1) is 0 Å². The summed E-state index contributed by atoms with van der Waals surface area (Å²) in [6, 6.07) is 4.31. The Morgan fingerprint density at radius 1 is 1.39 bits per heavy atom. The van der Waals surface area contributed by atoms with E-state index in [1.54, 1.807) is 6.07 Å². The molecular weight excluding hydrogens is 259 g/mol. The molecule has 1 heterocycles. The number of nitrogens with two attached hydrogens (primary N) is 1. The summed E-state index contributed by atoms with van der Waals surface area (Å²) in [7, 11) is 1.45. The second-order valence-corrected chi connectivity index (χ2v) is 3.80. The van der Waals surface area contributed by atoms with Gasteiger partial charge in [0, 0.05) is 5.69 Å². The molecule has 2 aromatic rings. The maximum atomic E-state index is 13.3. The molecule has 0 saturated heterocycles. The molecule has 0 radical (unpaired) electrons. The molecule has 7 heteroatoms. The number of anilines is 3. The van der Waals surface area contributed by atoms with E-state index < -0.39 is 5.82 Å². The third-order valence-electron chi connectivity index (χ3n) is 2.22. The van der Waals surface area contributed by atoms with Gasteiger partial charge < -0.3 is 15.8 Å². The number of methoxy groups -OCH3 is 1. The van der Waals surface area contributed by atoms with Gasteiger partial charge in [0.05, 0.1) is 12.1 Å². The van der Waals surface area contributed by atoms with E-state index in [9.17, 15) is 4.39 Å². The lowest BCUT2D eigenvalue weighted by Gasteiger charge is -2.11. The summed E-state index contributed by atoms with van der Waals surface area (Å²) in [6.07, 6.45) is 1.28. The molecule has 0 bridgehead atoms. The van der Waals surface area contributed by atoms with Crippen LogP contribution >= 0.6 is 11.6 Å². The average Bonchev–Trinajstić information content (AvgIpc) is 2.34. The zero-order chi connectivity index (χ0) is 13.1. The molecule has 1 aromatic heterocycles. The first-order valence-corrected chi connectivity index (χ1v) is 5.36. The zero-order valence-corrected chi connectivity index (χ0v) is 10.2. The number of benzene rings is 1. The molecule has 0 aliphatic heterocycles. The Kier molecular flexibility index (Phi) is 3.47. The summed E-state index contributed by atoms with van der Waals surface area (Å²) in [5.41, 5.74) is 6.11. The molecule has 0 aliphatic carbocycles. The highest BCUT2D eigenvalue weighted by Crippen LogP contribution is 2.30. The SMILES string of the molecule is COc1c(N)ncnc1Nc1ccc(Cl)c(F)c1. The van der Waals surface area contributed by atoms with E-state index in [4.69, 9.17) is 22.1 Å². The smallest absolute Gasteiger partial charge is 0.204 e. The minimum atomic E-state index is -0.525. The fourth-order valence-corrected chi connectivity index (χ4v) is 1.51. The minimum absolute atomic E-state index is 0.0507. The van der Waals surface area contributed by atoms with E-state index in [0.29, 0.717) is 17.3 Å². The van der Waals surface area contributed by atoms with E-state index in [-0.39, 0.29) is 10.8 Å². The Hall–Kier alpha value is -2.08. The van der Waals surface area contributed by atoms with Crippen molar-refractivity contribution in [2.45, 2.75) is 0 Å². The lowest BCUT2D eigenvalue weighted by molar-refractivity contribution is 0.415. The van der Waals surface area contributed by atoms with Crippen LogP contribution in [-0.2, 0) is 0 Å². The van der Waals surface area contributed by atoms with Gasteiger partial charge in [-0.3, -0.25) is 0 Å². The van der Waals surface area contributed by atoms with Gasteiger partial charge in [0.25, 0.3) is 0 Å². The van der Waals surface area contributed by atoms with Gasteiger partial charge in [0.15, 0.2) is 11.6 Å². The Morgan fingerprint density at radius 3 is 2.83 bits per heavy atom. The highest BCUT2D eigenvalue weighted by Gasteiger charge is 2.10. The van der Waals surface area contributed by atoms with Gasteiger partial charge in [-0.05, 0) is 18.2 Å². The number of hydrogen-bond acceptors (Lipinski definition) is 5. The van der Waals surface area contributed by atoms with Crippen LogP contribution in [0.1, 0.15) is 0 Å². The maximum absolute atomic E-state index is 13.3. The van der Waals surface area contributed by atoms with Crippen molar-refractivity contribution in [3.63, 3.8) is 0 Å². The lowest BCUT2D eigenvalue weighted by Crippen LogP contribution is -2.02. The van der Waals surface area contributed by atoms with Crippen LogP contribution in [0.15, 0.2) is 24.5 Å². The topological polar surface area (TPSA) is 73.1 Å². The third-order valence-corrected chi connectivity index (χ3v) is 2.52. The first-order chi connectivity index (χ1) is 8.61. The molecule has 94 valence electrons. The van der Waals surface area contributed by atoms with Gasteiger partial charge in [-0.25, -0.2) is 14.4 Å². The summed E-state index contributed by atoms with van der Waals surface area (Å²) in [6.45, 7) is 0. The van der Waals surface area contributed by atoms with Crippen molar-refractivity contribution in [1.82, 2.24) is 9.97 Å². The third kappa shape index (κ3) is 2.43. The van der Waals surface area contributed by atoms with E-state index in [2.05, 4.69) is 15.3 Å². The normalized spacial score (nSPS) is 10.2. The molecular formula is C11H10ClFN4O. The van der Waals surface area contributed by atoms with Crippen LogP contribution in [0.5, 0.6) is 5.75 Å². The molecule has 0 fully saturated rings. The molecule has 18 heavy (non-hydrogen) atoms. The highest BCUT2D eigenvalue weighted by atomic mass is 35.5. The first-order valence-electron chi connectivity index (χ1n) is 4.98. The molecule has 0 saturated carbocycles. The number of rotatable bonds is 3. The van der Waals surface area contributed by atoms with Crippen LogP contribution in [0.3, 0.4) is 0 Å². The molecule has 3 N–H and O–H groups in total. The van der Waals surface area contributed by atoms with Crippen molar-refractivity contribution in [2.24, 2.45) is 0 Å². The predicted molar refractivity (Wildman–Crippen MR) is 67.7 cm³/mol. The number of aromatic nitrogens is 2. The highest BCUT2D eigenvalue weighted by molar-refractivity contribution is 6.30. The number of nitrogens with zero attached hydrogens (tertiary/aromatic N) is 2. The summed E-state index contributed by atoms with van der Waals surface area (Å²) >= 11 is 5.59. The molecule has 1 aromatic carbocycles. The molecule has 0 amide bonds. The average molecular weight is 269 g/mol. The summed E-state index contributed by atoms with van der Waals surface area (Å²) < 4.78 is 18.4. The molecule has 0 aliphatic rings. The standard InChI is InChI=1S/C11H10ClFN4O/c1-18-9-10(14)15-5-16-11(9)17-6-2-3-7(12)8(13)4-6/h2-5H,1H3,(H3,14,15,16,17). The van der Waals surface area contributed by atoms with Crippen LogP contribution in [0.4, 0.5) is 21.7 Å². The van der Waals surface area contributed by atoms with Crippen LogP contribution in [0.2, 0.25) is 5.02 Å².